The Bertz CT molecular complexity index is 636. The fourth-order valence-electron chi connectivity index (χ4n) is 5.48. The molecule has 2 fully saturated rings. The average Bonchev–Trinajstić information content (AvgIpc) is 2.78. The minimum Gasteiger partial charge on any atom is -0.508 e. The van der Waals surface area contributed by atoms with Crippen LogP contribution in [-0.4, -0.2) is 35.3 Å². The van der Waals surface area contributed by atoms with Crippen molar-refractivity contribution in [1.82, 2.24) is 4.90 Å². The zero-order valence-corrected chi connectivity index (χ0v) is 15.3. The van der Waals surface area contributed by atoms with Crippen LogP contribution in [0.4, 0.5) is 4.39 Å². The van der Waals surface area contributed by atoms with Gasteiger partial charge in [-0.3, -0.25) is 0 Å². The SMILES string of the molecule is CCN(C)CC1C2(C)CCC(C)(C2)CC1(O)c1cc(O)ccc1F. The first-order chi connectivity index (χ1) is 11.1. The first-order valence-electron chi connectivity index (χ1n) is 9.02. The maximum absolute atomic E-state index is 14.6. The van der Waals surface area contributed by atoms with Gasteiger partial charge in [-0.05, 0) is 68.3 Å². The molecule has 134 valence electrons. The summed E-state index contributed by atoms with van der Waals surface area (Å²) in [6, 6.07) is 4.03. The standard InChI is InChI=1S/C20H30FNO2/c1-5-22(4)11-17-19(3)9-8-18(2,12-19)13-20(17,24)15-10-14(23)6-7-16(15)21/h6-7,10,17,23-24H,5,8-9,11-13H2,1-4H3. The van der Waals surface area contributed by atoms with Crippen molar-refractivity contribution < 1.29 is 14.6 Å². The lowest BCUT2D eigenvalue weighted by atomic mass is 9.55. The number of nitrogens with zero attached hydrogens (tertiary/aromatic N) is 1. The maximum Gasteiger partial charge on any atom is 0.129 e. The van der Waals surface area contributed by atoms with Crippen molar-refractivity contribution in [3.63, 3.8) is 0 Å². The Labute approximate surface area is 144 Å². The number of phenols is 1. The Morgan fingerprint density at radius 1 is 1.25 bits per heavy atom. The average molecular weight is 335 g/mol. The van der Waals surface area contributed by atoms with Gasteiger partial charge in [-0.25, -0.2) is 4.39 Å². The molecule has 0 aliphatic heterocycles. The van der Waals surface area contributed by atoms with E-state index in [2.05, 4.69) is 25.7 Å². The molecule has 0 saturated heterocycles. The van der Waals surface area contributed by atoms with Crippen molar-refractivity contribution in [2.45, 2.75) is 52.1 Å². The Morgan fingerprint density at radius 2 is 1.96 bits per heavy atom. The van der Waals surface area contributed by atoms with Crippen LogP contribution in [0.15, 0.2) is 18.2 Å². The highest BCUT2D eigenvalue weighted by Crippen LogP contribution is 2.66. The van der Waals surface area contributed by atoms with Crippen molar-refractivity contribution in [3.8, 4) is 5.75 Å². The van der Waals surface area contributed by atoms with Crippen LogP contribution in [0, 0.1) is 22.6 Å². The van der Waals surface area contributed by atoms with Gasteiger partial charge in [0, 0.05) is 18.0 Å². The molecule has 0 radical (unpaired) electrons. The third-order valence-electron chi connectivity index (χ3n) is 6.69. The first-order valence-corrected chi connectivity index (χ1v) is 9.02. The number of benzene rings is 1. The molecule has 4 heteroatoms. The summed E-state index contributed by atoms with van der Waals surface area (Å²) < 4.78 is 14.6. The van der Waals surface area contributed by atoms with E-state index in [-0.39, 0.29) is 28.1 Å². The molecule has 2 bridgehead atoms. The number of hydrogen-bond donors (Lipinski definition) is 2. The molecule has 24 heavy (non-hydrogen) atoms. The summed E-state index contributed by atoms with van der Waals surface area (Å²) >= 11 is 0. The van der Waals surface area contributed by atoms with E-state index in [4.69, 9.17) is 0 Å². The fourth-order valence-corrected chi connectivity index (χ4v) is 5.48. The normalized spacial score (nSPS) is 38.7. The topological polar surface area (TPSA) is 43.7 Å². The van der Waals surface area contributed by atoms with Crippen LogP contribution in [0.5, 0.6) is 5.75 Å². The molecule has 2 aliphatic rings. The number of hydrogen-bond acceptors (Lipinski definition) is 3. The molecule has 0 amide bonds. The van der Waals surface area contributed by atoms with Crippen LogP contribution < -0.4 is 0 Å². The van der Waals surface area contributed by atoms with Crippen molar-refractivity contribution in [2.75, 3.05) is 20.1 Å². The van der Waals surface area contributed by atoms with Crippen molar-refractivity contribution in [2.24, 2.45) is 16.7 Å². The Kier molecular flexibility index (Phi) is 4.20. The second-order valence-electron chi connectivity index (χ2n) is 8.81. The van der Waals surface area contributed by atoms with Gasteiger partial charge in [0.1, 0.15) is 11.6 Å². The Morgan fingerprint density at radius 3 is 2.62 bits per heavy atom. The van der Waals surface area contributed by atoms with Gasteiger partial charge in [0.15, 0.2) is 0 Å². The van der Waals surface area contributed by atoms with E-state index in [1.54, 1.807) is 0 Å². The molecule has 1 aromatic rings. The van der Waals surface area contributed by atoms with E-state index in [0.717, 1.165) is 32.4 Å². The predicted molar refractivity (Wildman–Crippen MR) is 93.3 cm³/mol. The monoisotopic (exact) mass is 335 g/mol. The molecule has 2 aliphatic carbocycles. The number of aliphatic hydroxyl groups is 1. The summed E-state index contributed by atoms with van der Waals surface area (Å²) in [5.74, 6) is -0.467. The molecule has 4 unspecified atom stereocenters. The zero-order chi connectivity index (χ0) is 17.8. The predicted octanol–water partition coefficient (Wildman–Crippen LogP) is 3.89. The molecule has 0 heterocycles. The number of rotatable bonds is 4. The minimum atomic E-state index is -1.25. The quantitative estimate of drug-likeness (QED) is 0.877. The highest BCUT2D eigenvalue weighted by molar-refractivity contribution is 5.35. The van der Waals surface area contributed by atoms with Crippen molar-refractivity contribution in [1.29, 1.82) is 0 Å². The highest BCUT2D eigenvalue weighted by Gasteiger charge is 2.61. The van der Waals surface area contributed by atoms with Crippen LogP contribution in [0.2, 0.25) is 0 Å². The largest absolute Gasteiger partial charge is 0.508 e. The van der Waals surface area contributed by atoms with E-state index in [1.165, 1.54) is 18.2 Å². The molecular formula is C20H30FNO2. The lowest BCUT2D eigenvalue weighted by molar-refractivity contribution is -0.139. The summed E-state index contributed by atoms with van der Waals surface area (Å²) in [4.78, 5) is 2.20. The van der Waals surface area contributed by atoms with Crippen molar-refractivity contribution in [3.05, 3.63) is 29.6 Å². The summed E-state index contributed by atoms with van der Waals surface area (Å²) in [6.45, 7) is 8.18. The van der Waals surface area contributed by atoms with Crippen LogP contribution in [-0.2, 0) is 5.60 Å². The summed E-state index contributed by atoms with van der Waals surface area (Å²) in [5.41, 5.74) is -0.966. The lowest BCUT2D eigenvalue weighted by Gasteiger charge is -2.53. The molecular weight excluding hydrogens is 305 g/mol. The van der Waals surface area contributed by atoms with Crippen LogP contribution in [0.1, 0.15) is 52.0 Å². The van der Waals surface area contributed by atoms with E-state index < -0.39 is 11.4 Å². The minimum absolute atomic E-state index is 0.00986. The van der Waals surface area contributed by atoms with Crippen molar-refractivity contribution >= 4 is 0 Å². The third-order valence-corrected chi connectivity index (χ3v) is 6.69. The number of phenolic OH excluding ortho intramolecular Hbond substituents is 1. The van der Waals surface area contributed by atoms with Gasteiger partial charge < -0.3 is 15.1 Å². The molecule has 3 rings (SSSR count). The van der Waals surface area contributed by atoms with Gasteiger partial charge in [0.25, 0.3) is 0 Å². The fraction of sp³-hybridized carbons (Fsp3) is 0.700. The van der Waals surface area contributed by atoms with Gasteiger partial charge in [-0.2, -0.15) is 0 Å². The molecule has 2 N–H and O–H groups in total. The Hall–Kier alpha value is -1.13. The van der Waals surface area contributed by atoms with Gasteiger partial charge in [0.05, 0.1) is 5.60 Å². The van der Waals surface area contributed by atoms with E-state index in [9.17, 15) is 14.6 Å². The van der Waals surface area contributed by atoms with Crippen LogP contribution in [0.3, 0.4) is 0 Å². The second kappa shape index (κ2) is 5.70. The number of fused-ring (bicyclic) bond motifs is 2. The first kappa shape index (κ1) is 17.7. The van der Waals surface area contributed by atoms with E-state index >= 15 is 0 Å². The molecule has 0 aromatic heterocycles. The molecule has 3 nitrogen and oxygen atoms in total. The van der Waals surface area contributed by atoms with Gasteiger partial charge in [-0.15, -0.1) is 0 Å². The van der Waals surface area contributed by atoms with Gasteiger partial charge >= 0.3 is 0 Å². The van der Waals surface area contributed by atoms with E-state index in [0.29, 0.717) is 6.42 Å². The third kappa shape index (κ3) is 2.74. The number of halogens is 1. The zero-order valence-electron chi connectivity index (χ0n) is 15.3. The summed E-state index contributed by atoms with van der Waals surface area (Å²) in [5, 5.41) is 21.7. The molecule has 1 aromatic carbocycles. The maximum atomic E-state index is 14.6. The van der Waals surface area contributed by atoms with Gasteiger partial charge in [0.2, 0.25) is 0 Å². The lowest BCUT2D eigenvalue weighted by Crippen LogP contribution is -2.54. The van der Waals surface area contributed by atoms with Gasteiger partial charge in [-0.1, -0.05) is 20.8 Å². The number of aromatic hydroxyl groups is 1. The smallest absolute Gasteiger partial charge is 0.129 e. The molecule has 0 spiro atoms. The second-order valence-corrected chi connectivity index (χ2v) is 8.81. The van der Waals surface area contributed by atoms with Crippen LogP contribution >= 0.6 is 0 Å². The molecule has 4 atom stereocenters. The Balaban J connectivity index is 2.12. The van der Waals surface area contributed by atoms with Crippen LogP contribution in [0.25, 0.3) is 0 Å². The highest BCUT2D eigenvalue weighted by atomic mass is 19.1. The summed E-state index contributed by atoms with van der Waals surface area (Å²) in [7, 11) is 2.05. The summed E-state index contributed by atoms with van der Waals surface area (Å²) in [6.07, 6.45) is 3.76. The molecule has 2 saturated carbocycles. The van der Waals surface area contributed by atoms with E-state index in [1.807, 2.05) is 7.05 Å².